The number of non-ortho nitro benzene ring substituents is 1. The van der Waals surface area contributed by atoms with Crippen LogP contribution in [-0.2, 0) is 10.2 Å². The zero-order chi connectivity index (χ0) is 13.9. The summed E-state index contributed by atoms with van der Waals surface area (Å²) in [7, 11) is -3.60. The van der Waals surface area contributed by atoms with Crippen molar-refractivity contribution < 1.29 is 13.3 Å². The lowest BCUT2D eigenvalue weighted by atomic mass is 10.3. The van der Waals surface area contributed by atoms with E-state index in [0.717, 1.165) is 0 Å². The summed E-state index contributed by atoms with van der Waals surface area (Å²) in [6, 6.07) is 5.26. The highest BCUT2D eigenvalue weighted by Crippen LogP contribution is 2.17. The fourth-order valence-electron chi connectivity index (χ4n) is 1.75. The number of nitrogens with zero attached hydrogens (tertiary/aromatic N) is 2. The summed E-state index contributed by atoms with van der Waals surface area (Å²) in [5.74, 6) is 0. The van der Waals surface area contributed by atoms with Crippen LogP contribution in [0.5, 0.6) is 0 Å². The second kappa shape index (κ2) is 5.51. The summed E-state index contributed by atoms with van der Waals surface area (Å²) in [6.07, 6.45) is 0. The standard InChI is InChI=1S/C10H14N4O4S/c15-14(16)10-3-1-9(2-4-10)12-19(17,18)13-7-5-11-6-8-13/h1-4,11-12H,5-8H2. The van der Waals surface area contributed by atoms with Gasteiger partial charge in [-0.3, -0.25) is 14.8 Å². The number of nitro benzene ring substituents is 1. The Hall–Kier alpha value is -1.71. The number of benzene rings is 1. The van der Waals surface area contributed by atoms with Gasteiger partial charge in [-0.05, 0) is 12.1 Å². The van der Waals surface area contributed by atoms with Gasteiger partial charge in [0.05, 0.1) is 10.6 Å². The quantitative estimate of drug-likeness (QED) is 0.606. The molecule has 1 aliphatic rings. The molecule has 1 saturated heterocycles. The molecule has 1 aromatic carbocycles. The summed E-state index contributed by atoms with van der Waals surface area (Å²) in [5, 5.41) is 13.6. The number of piperazine rings is 1. The molecular weight excluding hydrogens is 272 g/mol. The third-order valence-electron chi connectivity index (χ3n) is 2.74. The Labute approximate surface area is 110 Å². The molecule has 0 aromatic heterocycles. The lowest BCUT2D eigenvalue weighted by Gasteiger charge is -2.26. The van der Waals surface area contributed by atoms with Crippen LogP contribution in [-0.4, -0.2) is 43.8 Å². The van der Waals surface area contributed by atoms with Crippen LogP contribution in [0.3, 0.4) is 0 Å². The zero-order valence-electron chi connectivity index (χ0n) is 10.1. The Kier molecular flexibility index (Phi) is 3.98. The average Bonchev–Trinajstić information content (AvgIpc) is 2.40. The van der Waals surface area contributed by atoms with E-state index in [1.807, 2.05) is 0 Å². The van der Waals surface area contributed by atoms with Crippen LogP contribution in [0.1, 0.15) is 0 Å². The van der Waals surface area contributed by atoms with E-state index < -0.39 is 15.1 Å². The number of nitrogens with one attached hydrogen (secondary N) is 2. The van der Waals surface area contributed by atoms with Gasteiger partial charge >= 0.3 is 10.2 Å². The fraction of sp³-hybridized carbons (Fsp3) is 0.400. The average molecular weight is 286 g/mol. The molecule has 19 heavy (non-hydrogen) atoms. The van der Waals surface area contributed by atoms with Gasteiger partial charge in [-0.15, -0.1) is 0 Å². The molecule has 0 aliphatic carbocycles. The van der Waals surface area contributed by atoms with Gasteiger partial charge in [0, 0.05) is 38.3 Å². The van der Waals surface area contributed by atoms with Crippen molar-refractivity contribution in [2.45, 2.75) is 0 Å². The zero-order valence-corrected chi connectivity index (χ0v) is 10.9. The van der Waals surface area contributed by atoms with Crippen LogP contribution in [0.2, 0.25) is 0 Å². The van der Waals surface area contributed by atoms with Crippen molar-refractivity contribution in [3.63, 3.8) is 0 Å². The molecule has 8 nitrogen and oxygen atoms in total. The molecule has 104 valence electrons. The molecule has 0 amide bonds. The van der Waals surface area contributed by atoms with Crippen molar-refractivity contribution in [1.82, 2.24) is 9.62 Å². The maximum absolute atomic E-state index is 12.0. The molecule has 1 aromatic rings. The van der Waals surface area contributed by atoms with Gasteiger partial charge in [-0.1, -0.05) is 0 Å². The van der Waals surface area contributed by atoms with Gasteiger partial charge in [-0.2, -0.15) is 12.7 Å². The van der Waals surface area contributed by atoms with Crippen LogP contribution in [0, 0.1) is 10.1 Å². The summed E-state index contributed by atoms with van der Waals surface area (Å²) in [6.45, 7) is 2.03. The number of nitro groups is 1. The Balaban J connectivity index is 2.09. The topological polar surface area (TPSA) is 105 Å². The lowest BCUT2D eigenvalue weighted by molar-refractivity contribution is -0.384. The first-order valence-electron chi connectivity index (χ1n) is 5.72. The monoisotopic (exact) mass is 286 g/mol. The maximum Gasteiger partial charge on any atom is 0.301 e. The third-order valence-corrected chi connectivity index (χ3v) is 4.28. The summed E-state index contributed by atoms with van der Waals surface area (Å²) in [4.78, 5) is 9.96. The predicted molar refractivity (Wildman–Crippen MR) is 70.1 cm³/mol. The summed E-state index contributed by atoms with van der Waals surface area (Å²) >= 11 is 0. The van der Waals surface area contributed by atoms with E-state index in [1.54, 1.807) is 0 Å². The molecule has 2 N–H and O–H groups in total. The largest absolute Gasteiger partial charge is 0.314 e. The van der Waals surface area contributed by atoms with Gasteiger partial charge in [-0.25, -0.2) is 0 Å². The van der Waals surface area contributed by atoms with E-state index >= 15 is 0 Å². The van der Waals surface area contributed by atoms with Crippen molar-refractivity contribution in [2.24, 2.45) is 0 Å². The highest BCUT2D eigenvalue weighted by Gasteiger charge is 2.23. The first-order valence-corrected chi connectivity index (χ1v) is 7.16. The molecule has 1 fully saturated rings. The maximum atomic E-state index is 12.0. The normalized spacial score (nSPS) is 17.1. The molecule has 1 aliphatic heterocycles. The van der Waals surface area contributed by atoms with E-state index in [2.05, 4.69) is 10.0 Å². The van der Waals surface area contributed by atoms with Crippen molar-refractivity contribution in [2.75, 3.05) is 30.9 Å². The van der Waals surface area contributed by atoms with E-state index in [-0.39, 0.29) is 5.69 Å². The van der Waals surface area contributed by atoms with Gasteiger partial charge in [0.2, 0.25) is 0 Å². The minimum absolute atomic E-state index is 0.0786. The molecule has 1 heterocycles. The number of rotatable bonds is 4. The molecule has 0 unspecified atom stereocenters. The molecule has 2 rings (SSSR count). The van der Waals surface area contributed by atoms with Gasteiger partial charge < -0.3 is 5.32 Å². The Morgan fingerprint density at radius 3 is 2.32 bits per heavy atom. The molecule has 0 spiro atoms. The predicted octanol–water partition coefficient (Wildman–Crippen LogP) is 0.157. The smallest absolute Gasteiger partial charge is 0.301 e. The Morgan fingerprint density at radius 2 is 1.79 bits per heavy atom. The van der Waals surface area contributed by atoms with E-state index in [4.69, 9.17) is 0 Å². The highest BCUT2D eigenvalue weighted by molar-refractivity contribution is 7.90. The highest BCUT2D eigenvalue weighted by atomic mass is 32.2. The van der Waals surface area contributed by atoms with Gasteiger partial charge in [0.1, 0.15) is 0 Å². The van der Waals surface area contributed by atoms with Gasteiger partial charge in [0.25, 0.3) is 5.69 Å². The molecule has 0 bridgehead atoms. The first kappa shape index (κ1) is 13.7. The van der Waals surface area contributed by atoms with Crippen molar-refractivity contribution in [3.8, 4) is 0 Å². The Bertz CT molecular complexity index is 551. The minimum Gasteiger partial charge on any atom is -0.314 e. The second-order valence-electron chi connectivity index (χ2n) is 4.06. The van der Waals surface area contributed by atoms with Crippen LogP contribution in [0.15, 0.2) is 24.3 Å². The number of anilines is 1. The first-order chi connectivity index (χ1) is 8.99. The molecule has 0 atom stereocenters. The number of hydrogen-bond donors (Lipinski definition) is 2. The van der Waals surface area contributed by atoms with Crippen molar-refractivity contribution in [1.29, 1.82) is 0 Å². The lowest BCUT2D eigenvalue weighted by Crippen LogP contribution is -2.48. The van der Waals surface area contributed by atoms with E-state index in [1.165, 1.54) is 28.6 Å². The van der Waals surface area contributed by atoms with Crippen LogP contribution in [0.4, 0.5) is 11.4 Å². The molecular formula is C10H14N4O4S. The fourth-order valence-corrected chi connectivity index (χ4v) is 2.98. The minimum atomic E-state index is -3.60. The molecule has 0 radical (unpaired) electrons. The molecule has 0 saturated carbocycles. The van der Waals surface area contributed by atoms with E-state index in [0.29, 0.717) is 31.9 Å². The van der Waals surface area contributed by atoms with Crippen LogP contribution >= 0.6 is 0 Å². The van der Waals surface area contributed by atoms with Crippen LogP contribution in [0.25, 0.3) is 0 Å². The molecule has 9 heteroatoms. The SMILES string of the molecule is O=[N+]([O-])c1ccc(NS(=O)(=O)N2CCNCC2)cc1. The third kappa shape index (κ3) is 3.40. The summed E-state index contributed by atoms with van der Waals surface area (Å²) in [5.41, 5.74) is 0.231. The van der Waals surface area contributed by atoms with Crippen molar-refractivity contribution in [3.05, 3.63) is 34.4 Å². The van der Waals surface area contributed by atoms with E-state index in [9.17, 15) is 18.5 Å². The number of hydrogen-bond acceptors (Lipinski definition) is 5. The van der Waals surface area contributed by atoms with Crippen LogP contribution < -0.4 is 10.0 Å². The Morgan fingerprint density at radius 1 is 1.21 bits per heavy atom. The summed E-state index contributed by atoms with van der Waals surface area (Å²) < 4.78 is 27.8. The van der Waals surface area contributed by atoms with Gasteiger partial charge in [0.15, 0.2) is 0 Å². The van der Waals surface area contributed by atoms with Crippen molar-refractivity contribution >= 4 is 21.6 Å². The second-order valence-corrected chi connectivity index (χ2v) is 5.73.